The third-order valence-corrected chi connectivity index (χ3v) is 2.16. The Morgan fingerprint density at radius 3 is 2.75 bits per heavy atom. The minimum Gasteiger partial charge on any atom is -0.468 e. The maximum Gasteiger partial charge on any atom is 0.325 e. The second kappa shape index (κ2) is 4.42. The number of methoxy groups -OCH3 is 1. The first-order chi connectivity index (χ1) is 5.79. The summed E-state index contributed by atoms with van der Waals surface area (Å²) >= 11 is 0. The largest absolute Gasteiger partial charge is 0.468 e. The van der Waals surface area contributed by atoms with E-state index in [-0.39, 0.29) is 12.0 Å². The minimum atomic E-state index is -0.200. The SMILES string of the molecule is COC(=O)C1CCCCN1OC. The number of hydroxylamine groups is 2. The predicted molar refractivity (Wildman–Crippen MR) is 43.4 cm³/mol. The van der Waals surface area contributed by atoms with E-state index >= 15 is 0 Å². The number of piperidine rings is 1. The third kappa shape index (κ3) is 1.95. The van der Waals surface area contributed by atoms with Gasteiger partial charge in [0.05, 0.1) is 14.2 Å². The van der Waals surface area contributed by atoms with Crippen LogP contribution >= 0.6 is 0 Å². The lowest BCUT2D eigenvalue weighted by Crippen LogP contribution is -2.44. The quantitative estimate of drug-likeness (QED) is 0.572. The van der Waals surface area contributed by atoms with E-state index in [4.69, 9.17) is 4.84 Å². The van der Waals surface area contributed by atoms with Gasteiger partial charge < -0.3 is 9.57 Å². The summed E-state index contributed by atoms with van der Waals surface area (Å²) in [5, 5.41) is 1.69. The third-order valence-electron chi connectivity index (χ3n) is 2.16. The number of hydrogen-bond donors (Lipinski definition) is 0. The van der Waals surface area contributed by atoms with Crippen LogP contribution in [0.3, 0.4) is 0 Å². The number of rotatable bonds is 2. The highest BCUT2D eigenvalue weighted by atomic mass is 16.7. The van der Waals surface area contributed by atoms with Crippen molar-refractivity contribution in [2.24, 2.45) is 0 Å². The van der Waals surface area contributed by atoms with Gasteiger partial charge >= 0.3 is 5.97 Å². The molecule has 4 nitrogen and oxygen atoms in total. The van der Waals surface area contributed by atoms with Gasteiger partial charge in [-0.25, -0.2) is 0 Å². The lowest BCUT2D eigenvalue weighted by molar-refractivity contribution is -0.194. The molecular formula is C8H15NO3. The molecule has 1 saturated heterocycles. The van der Waals surface area contributed by atoms with Crippen LogP contribution in [0.1, 0.15) is 19.3 Å². The summed E-state index contributed by atoms with van der Waals surface area (Å²) in [4.78, 5) is 16.3. The van der Waals surface area contributed by atoms with Gasteiger partial charge in [-0.1, -0.05) is 0 Å². The Balaban J connectivity index is 2.52. The highest BCUT2D eigenvalue weighted by Gasteiger charge is 2.29. The lowest BCUT2D eigenvalue weighted by atomic mass is 10.1. The van der Waals surface area contributed by atoms with Crippen LogP contribution in [0, 0.1) is 0 Å². The molecule has 1 aliphatic heterocycles. The van der Waals surface area contributed by atoms with Crippen LogP contribution in [0.15, 0.2) is 0 Å². The molecule has 0 amide bonds. The fourth-order valence-electron chi connectivity index (χ4n) is 1.50. The van der Waals surface area contributed by atoms with E-state index in [9.17, 15) is 4.79 Å². The number of carbonyl (C=O) groups excluding carboxylic acids is 1. The summed E-state index contributed by atoms with van der Waals surface area (Å²) < 4.78 is 4.66. The van der Waals surface area contributed by atoms with Gasteiger partial charge in [0, 0.05) is 6.54 Å². The van der Waals surface area contributed by atoms with E-state index in [2.05, 4.69) is 4.74 Å². The van der Waals surface area contributed by atoms with E-state index in [0.717, 1.165) is 25.8 Å². The van der Waals surface area contributed by atoms with Crippen molar-refractivity contribution in [1.29, 1.82) is 0 Å². The highest BCUT2D eigenvalue weighted by Crippen LogP contribution is 2.17. The fourth-order valence-corrected chi connectivity index (χ4v) is 1.50. The van der Waals surface area contributed by atoms with Gasteiger partial charge in [-0.15, -0.1) is 0 Å². The zero-order valence-corrected chi connectivity index (χ0v) is 7.58. The molecule has 0 saturated carbocycles. The summed E-state index contributed by atoms with van der Waals surface area (Å²) in [7, 11) is 2.99. The normalized spacial score (nSPS) is 25.3. The van der Waals surface area contributed by atoms with Crippen molar-refractivity contribution >= 4 is 5.97 Å². The van der Waals surface area contributed by atoms with Gasteiger partial charge in [0.1, 0.15) is 6.04 Å². The lowest BCUT2D eigenvalue weighted by Gasteiger charge is -2.31. The maximum atomic E-state index is 11.2. The molecule has 12 heavy (non-hydrogen) atoms. The molecule has 1 rings (SSSR count). The molecule has 0 aliphatic carbocycles. The van der Waals surface area contributed by atoms with E-state index in [1.807, 2.05) is 0 Å². The first-order valence-corrected chi connectivity index (χ1v) is 4.18. The van der Waals surface area contributed by atoms with Crippen LogP contribution in [-0.4, -0.2) is 37.8 Å². The van der Waals surface area contributed by atoms with Crippen molar-refractivity contribution in [3.8, 4) is 0 Å². The fraction of sp³-hybridized carbons (Fsp3) is 0.875. The maximum absolute atomic E-state index is 11.2. The van der Waals surface area contributed by atoms with Gasteiger partial charge in [-0.3, -0.25) is 4.79 Å². The molecule has 1 aliphatic rings. The van der Waals surface area contributed by atoms with Gasteiger partial charge in [-0.05, 0) is 19.3 Å². The summed E-state index contributed by atoms with van der Waals surface area (Å²) in [6, 6.07) is -0.200. The zero-order valence-electron chi connectivity index (χ0n) is 7.58. The molecule has 1 fully saturated rings. The van der Waals surface area contributed by atoms with E-state index in [0.29, 0.717) is 0 Å². The first-order valence-electron chi connectivity index (χ1n) is 4.18. The molecule has 0 N–H and O–H groups in total. The van der Waals surface area contributed by atoms with Crippen molar-refractivity contribution in [3.63, 3.8) is 0 Å². The van der Waals surface area contributed by atoms with Gasteiger partial charge in [0.2, 0.25) is 0 Å². The number of ether oxygens (including phenoxy) is 1. The summed E-state index contributed by atoms with van der Waals surface area (Å²) in [6.45, 7) is 0.816. The van der Waals surface area contributed by atoms with Crippen molar-refractivity contribution in [1.82, 2.24) is 5.06 Å². The Kier molecular flexibility index (Phi) is 3.49. The molecule has 1 atom stereocenters. The molecular weight excluding hydrogens is 158 g/mol. The highest BCUT2D eigenvalue weighted by molar-refractivity contribution is 5.75. The predicted octanol–water partition coefficient (Wildman–Crippen LogP) is 0.575. The zero-order chi connectivity index (χ0) is 8.97. The Hall–Kier alpha value is -0.610. The van der Waals surface area contributed by atoms with Crippen molar-refractivity contribution in [3.05, 3.63) is 0 Å². The average Bonchev–Trinajstić information content (AvgIpc) is 2.16. The molecule has 0 aromatic heterocycles. The Morgan fingerprint density at radius 2 is 2.17 bits per heavy atom. The van der Waals surface area contributed by atoms with Crippen molar-refractivity contribution in [2.75, 3.05) is 20.8 Å². The van der Waals surface area contributed by atoms with Crippen LogP contribution in [0.2, 0.25) is 0 Å². The second-order valence-electron chi connectivity index (χ2n) is 2.86. The Bertz CT molecular complexity index is 160. The molecule has 70 valence electrons. The van der Waals surface area contributed by atoms with Crippen LogP contribution in [0.5, 0.6) is 0 Å². The van der Waals surface area contributed by atoms with Crippen LogP contribution in [0.4, 0.5) is 0 Å². The van der Waals surface area contributed by atoms with Gasteiger partial charge in [0.15, 0.2) is 0 Å². The standard InChI is InChI=1S/C8H15NO3/c1-11-8(10)7-5-3-4-6-9(7)12-2/h7H,3-6H2,1-2H3. The topological polar surface area (TPSA) is 38.8 Å². The van der Waals surface area contributed by atoms with Gasteiger partial charge in [-0.2, -0.15) is 5.06 Å². The van der Waals surface area contributed by atoms with E-state index in [1.54, 1.807) is 12.2 Å². The first kappa shape index (κ1) is 9.48. The summed E-state index contributed by atoms with van der Waals surface area (Å²) in [5.41, 5.74) is 0. The molecule has 0 aromatic rings. The molecule has 1 heterocycles. The van der Waals surface area contributed by atoms with Crippen LogP contribution < -0.4 is 0 Å². The molecule has 4 heteroatoms. The number of esters is 1. The van der Waals surface area contributed by atoms with E-state index < -0.39 is 0 Å². The summed E-state index contributed by atoms with van der Waals surface area (Å²) in [5.74, 6) is -0.198. The molecule has 0 radical (unpaired) electrons. The Labute approximate surface area is 72.4 Å². The van der Waals surface area contributed by atoms with Crippen molar-refractivity contribution < 1.29 is 14.4 Å². The van der Waals surface area contributed by atoms with Crippen LogP contribution in [0.25, 0.3) is 0 Å². The second-order valence-corrected chi connectivity index (χ2v) is 2.86. The monoisotopic (exact) mass is 173 g/mol. The van der Waals surface area contributed by atoms with Gasteiger partial charge in [0.25, 0.3) is 0 Å². The minimum absolute atomic E-state index is 0.198. The van der Waals surface area contributed by atoms with Crippen molar-refractivity contribution in [2.45, 2.75) is 25.3 Å². The number of nitrogens with zero attached hydrogens (tertiary/aromatic N) is 1. The summed E-state index contributed by atoms with van der Waals surface area (Å²) in [6.07, 6.45) is 2.99. The molecule has 0 spiro atoms. The number of hydrogen-bond acceptors (Lipinski definition) is 4. The molecule has 0 aromatic carbocycles. The Morgan fingerprint density at radius 1 is 1.42 bits per heavy atom. The molecule has 1 unspecified atom stereocenters. The smallest absolute Gasteiger partial charge is 0.325 e. The molecule has 0 bridgehead atoms. The number of carbonyl (C=O) groups is 1. The van der Waals surface area contributed by atoms with E-state index in [1.165, 1.54) is 7.11 Å². The average molecular weight is 173 g/mol. The van der Waals surface area contributed by atoms with Crippen LogP contribution in [-0.2, 0) is 14.4 Å².